The van der Waals surface area contributed by atoms with Crippen LogP contribution in [0.1, 0.15) is 11.1 Å². The molecule has 0 aliphatic rings. The number of nitrogens with zero attached hydrogens (tertiary/aromatic N) is 1. The third-order valence-corrected chi connectivity index (χ3v) is 2.11. The first-order valence-electron chi connectivity index (χ1n) is 4.66. The highest BCUT2D eigenvalue weighted by Gasteiger charge is 2.14. The second-order valence-corrected chi connectivity index (χ2v) is 3.27. The quantitative estimate of drug-likeness (QED) is 0.351. The smallest absolute Gasteiger partial charge is 0.330 e. The molecule has 0 fully saturated rings. The maximum Gasteiger partial charge on any atom is 0.330 e. The molecular weight excluding hydrogens is 229 g/mol. The van der Waals surface area contributed by atoms with Gasteiger partial charge in [-0.15, -0.1) is 0 Å². The van der Waals surface area contributed by atoms with Gasteiger partial charge < -0.3 is 4.74 Å². The Morgan fingerprint density at radius 2 is 2.18 bits per heavy atom. The number of aryl methyl sites for hydroxylation is 1. The van der Waals surface area contributed by atoms with Crippen LogP contribution in [-0.4, -0.2) is 18.0 Å². The Kier molecular flexibility index (Phi) is 3.92. The van der Waals surface area contributed by atoms with Crippen molar-refractivity contribution < 1.29 is 18.8 Å². The minimum Gasteiger partial charge on any atom is -0.466 e. The molecule has 90 valence electrons. The molecule has 0 spiro atoms. The molecule has 6 heteroatoms. The van der Waals surface area contributed by atoms with E-state index in [2.05, 4.69) is 4.74 Å². The van der Waals surface area contributed by atoms with E-state index in [4.69, 9.17) is 0 Å². The first-order chi connectivity index (χ1) is 7.95. The molecule has 17 heavy (non-hydrogen) atoms. The number of hydrogen-bond acceptors (Lipinski definition) is 4. The van der Waals surface area contributed by atoms with Gasteiger partial charge in [0, 0.05) is 23.3 Å². The van der Waals surface area contributed by atoms with E-state index in [1.807, 2.05) is 0 Å². The normalized spacial score (nSPS) is 10.5. The number of benzene rings is 1. The van der Waals surface area contributed by atoms with Crippen molar-refractivity contribution in [2.24, 2.45) is 0 Å². The Labute approximate surface area is 96.7 Å². The number of rotatable bonds is 3. The van der Waals surface area contributed by atoms with Crippen LogP contribution in [0.4, 0.5) is 10.1 Å². The summed E-state index contributed by atoms with van der Waals surface area (Å²) in [5.41, 5.74) is -0.00802. The average Bonchev–Trinajstić information content (AvgIpc) is 2.26. The van der Waals surface area contributed by atoms with Crippen LogP contribution in [-0.2, 0) is 9.53 Å². The lowest BCUT2D eigenvalue weighted by atomic mass is 10.1. The maximum absolute atomic E-state index is 13.4. The molecule has 1 aromatic carbocycles. The second-order valence-electron chi connectivity index (χ2n) is 3.27. The van der Waals surface area contributed by atoms with Gasteiger partial charge in [-0.3, -0.25) is 10.1 Å². The van der Waals surface area contributed by atoms with Crippen molar-refractivity contribution in [3.05, 3.63) is 45.3 Å². The van der Waals surface area contributed by atoms with Gasteiger partial charge in [0.1, 0.15) is 5.82 Å². The van der Waals surface area contributed by atoms with Gasteiger partial charge in [-0.05, 0) is 19.1 Å². The number of nitro benzene ring substituents is 1. The summed E-state index contributed by atoms with van der Waals surface area (Å²) in [7, 11) is 1.18. The minimum absolute atomic E-state index is 0.0345. The number of carbonyl (C=O) groups excluding carboxylic acids is 1. The lowest BCUT2D eigenvalue weighted by Gasteiger charge is -2.01. The summed E-state index contributed by atoms with van der Waals surface area (Å²) in [5.74, 6) is -1.29. The van der Waals surface area contributed by atoms with Crippen molar-refractivity contribution in [2.45, 2.75) is 6.92 Å². The summed E-state index contributed by atoms with van der Waals surface area (Å²) in [4.78, 5) is 20.9. The molecule has 5 nitrogen and oxygen atoms in total. The van der Waals surface area contributed by atoms with E-state index in [1.54, 1.807) is 0 Å². The van der Waals surface area contributed by atoms with Gasteiger partial charge in [-0.25, -0.2) is 9.18 Å². The molecule has 1 rings (SSSR count). The number of carbonyl (C=O) groups is 1. The van der Waals surface area contributed by atoms with E-state index in [-0.39, 0.29) is 16.8 Å². The van der Waals surface area contributed by atoms with Crippen LogP contribution in [0.3, 0.4) is 0 Å². The van der Waals surface area contributed by atoms with Gasteiger partial charge in [0.05, 0.1) is 12.0 Å². The second kappa shape index (κ2) is 5.20. The van der Waals surface area contributed by atoms with Crippen LogP contribution in [0, 0.1) is 22.9 Å². The van der Waals surface area contributed by atoms with Crippen LogP contribution in [0.5, 0.6) is 0 Å². The van der Waals surface area contributed by atoms with Crippen LogP contribution in [0.2, 0.25) is 0 Å². The van der Waals surface area contributed by atoms with Gasteiger partial charge in [-0.2, -0.15) is 0 Å². The molecule has 0 aliphatic heterocycles. The largest absolute Gasteiger partial charge is 0.466 e. The van der Waals surface area contributed by atoms with Gasteiger partial charge in [0.25, 0.3) is 5.69 Å². The molecular formula is C11H10FNO4. The van der Waals surface area contributed by atoms with Crippen LogP contribution in [0.15, 0.2) is 18.2 Å². The van der Waals surface area contributed by atoms with E-state index >= 15 is 0 Å². The number of methoxy groups -OCH3 is 1. The van der Waals surface area contributed by atoms with Crippen molar-refractivity contribution in [1.82, 2.24) is 0 Å². The van der Waals surface area contributed by atoms with Crippen LogP contribution in [0.25, 0.3) is 6.08 Å². The standard InChI is InChI=1S/C11H10FNO4/c1-7-5-9(12)8(3-4-11(14)17-2)6-10(7)13(15)16/h3-6H,1-2H3. The molecule has 0 aromatic heterocycles. The summed E-state index contributed by atoms with van der Waals surface area (Å²) in [6.07, 6.45) is 2.13. The first-order valence-corrected chi connectivity index (χ1v) is 4.66. The maximum atomic E-state index is 13.4. The monoisotopic (exact) mass is 239 g/mol. The lowest BCUT2D eigenvalue weighted by Crippen LogP contribution is -1.96. The molecule has 1 aromatic rings. The molecule has 0 unspecified atom stereocenters. The summed E-state index contributed by atoms with van der Waals surface area (Å²) in [5, 5.41) is 10.6. The SMILES string of the molecule is COC(=O)C=Cc1cc([N+](=O)[O-])c(C)cc1F. The van der Waals surface area contributed by atoms with Crippen molar-refractivity contribution in [2.75, 3.05) is 7.11 Å². The predicted octanol–water partition coefficient (Wildman–Crippen LogP) is 2.23. The summed E-state index contributed by atoms with van der Waals surface area (Å²) >= 11 is 0. The van der Waals surface area contributed by atoms with E-state index in [1.165, 1.54) is 14.0 Å². The van der Waals surface area contributed by atoms with Gasteiger partial charge >= 0.3 is 5.97 Å². The summed E-state index contributed by atoms with van der Waals surface area (Å²) in [6.45, 7) is 1.44. The minimum atomic E-state index is -0.660. The summed E-state index contributed by atoms with van der Waals surface area (Å²) in [6, 6.07) is 2.12. The number of nitro groups is 1. The fourth-order valence-corrected chi connectivity index (χ4v) is 1.23. The fraction of sp³-hybridized carbons (Fsp3) is 0.182. The molecule has 0 radical (unpaired) electrons. The van der Waals surface area contributed by atoms with E-state index < -0.39 is 16.7 Å². The fourth-order valence-electron chi connectivity index (χ4n) is 1.23. The first kappa shape index (κ1) is 12.8. The molecule has 0 atom stereocenters. The molecule has 0 bridgehead atoms. The highest BCUT2D eigenvalue weighted by Crippen LogP contribution is 2.22. The predicted molar refractivity (Wildman–Crippen MR) is 58.8 cm³/mol. The number of hydrogen-bond donors (Lipinski definition) is 0. The van der Waals surface area contributed by atoms with Crippen LogP contribution >= 0.6 is 0 Å². The molecule has 0 aliphatic carbocycles. The molecule has 0 saturated heterocycles. The van der Waals surface area contributed by atoms with Gasteiger partial charge in [0.2, 0.25) is 0 Å². The van der Waals surface area contributed by atoms with E-state index in [0.717, 1.165) is 24.3 Å². The topological polar surface area (TPSA) is 69.4 Å². The Balaban J connectivity index is 3.16. The van der Waals surface area contributed by atoms with Gasteiger partial charge in [-0.1, -0.05) is 0 Å². The zero-order chi connectivity index (χ0) is 13.0. The third kappa shape index (κ3) is 3.10. The number of ether oxygens (including phenoxy) is 1. The van der Waals surface area contributed by atoms with Crippen molar-refractivity contribution in [1.29, 1.82) is 0 Å². The molecule has 0 amide bonds. The zero-order valence-corrected chi connectivity index (χ0v) is 9.27. The molecule has 0 N–H and O–H groups in total. The molecule has 0 heterocycles. The van der Waals surface area contributed by atoms with Crippen molar-refractivity contribution in [3.8, 4) is 0 Å². The van der Waals surface area contributed by atoms with E-state index in [9.17, 15) is 19.3 Å². The van der Waals surface area contributed by atoms with Gasteiger partial charge in [0.15, 0.2) is 0 Å². The van der Waals surface area contributed by atoms with Crippen molar-refractivity contribution in [3.63, 3.8) is 0 Å². The Bertz CT molecular complexity index is 496. The zero-order valence-electron chi connectivity index (χ0n) is 9.27. The Hall–Kier alpha value is -2.24. The highest BCUT2D eigenvalue weighted by molar-refractivity contribution is 5.87. The Morgan fingerprint density at radius 3 is 2.71 bits per heavy atom. The third-order valence-electron chi connectivity index (χ3n) is 2.11. The highest BCUT2D eigenvalue weighted by atomic mass is 19.1. The summed E-state index contributed by atoms with van der Waals surface area (Å²) < 4.78 is 17.8. The molecule has 0 saturated carbocycles. The van der Waals surface area contributed by atoms with Crippen LogP contribution < -0.4 is 0 Å². The number of halogens is 1. The van der Waals surface area contributed by atoms with E-state index in [0.29, 0.717) is 0 Å². The number of esters is 1. The van der Waals surface area contributed by atoms with Crippen molar-refractivity contribution >= 4 is 17.7 Å². The Morgan fingerprint density at radius 1 is 1.53 bits per heavy atom. The average molecular weight is 239 g/mol. The lowest BCUT2D eigenvalue weighted by molar-refractivity contribution is -0.385.